The third kappa shape index (κ3) is 3.92. The summed E-state index contributed by atoms with van der Waals surface area (Å²) in [6.45, 7) is 4.61. The van der Waals surface area contributed by atoms with Crippen molar-refractivity contribution in [2.24, 2.45) is 0 Å². The predicted octanol–water partition coefficient (Wildman–Crippen LogP) is 3.13. The fraction of sp³-hybridized carbons (Fsp3) is 0.250. The molecule has 1 aliphatic rings. The molecular formula is C20H20N4O3. The Kier molecular flexibility index (Phi) is 4.74. The number of hydrogen-bond donors (Lipinski definition) is 0. The van der Waals surface area contributed by atoms with Gasteiger partial charge in [0.25, 0.3) is 5.91 Å². The number of amides is 1. The molecular weight excluding hydrogens is 344 g/mol. The van der Waals surface area contributed by atoms with Gasteiger partial charge in [0.05, 0.1) is 6.26 Å². The molecule has 3 heterocycles. The Morgan fingerprint density at radius 1 is 1.07 bits per heavy atom. The molecule has 0 N–H and O–H groups in total. The minimum atomic E-state index is -0.0780. The number of carbonyl (C=O) groups is 1. The molecule has 0 unspecified atom stereocenters. The van der Waals surface area contributed by atoms with Crippen molar-refractivity contribution >= 4 is 11.7 Å². The van der Waals surface area contributed by atoms with Crippen LogP contribution in [-0.4, -0.2) is 47.0 Å². The van der Waals surface area contributed by atoms with Crippen LogP contribution in [0.3, 0.4) is 0 Å². The lowest BCUT2D eigenvalue weighted by Gasteiger charge is -2.34. The number of rotatable bonds is 4. The van der Waals surface area contributed by atoms with Crippen molar-refractivity contribution in [1.29, 1.82) is 0 Å². The lowest BCUT2D eigenvalue weighted by atomic mass is 10.2. The molecule has 2 aromatic heterocycles. The Labute approximate surface area is 157 Å². The van der Waals surface area contributed by atoms with Crippen LogP contribution in [0.1, 0.15) is 16.1 Å². The third-order valence-corrected chi connectivity index (χ3v) is 4.46. The standard InChI is InChI=1S/C20H20N4O3/c1-15-4-2-5-16(12-15)27-19-13-18(21-14-22-19)23-7-9-24(10-8-23)20(25)17-6-3-11-26-17/h2-6,11-14H,7-10H2,1H3. The highest BCUT2D eigenvalue weighted by Crippen LogP contribution is 2.23. The van der Waals surface area contributed by atoms with Gasteiger partial charge in [-0.1, -0.05) is 12.1 Å². The first kappa shape index (κ1) is 17.1. The minimum absolute atomic E-state index is 0.0780. The van der Waals surface area contributed by atoms with Crippen LogP contribution in [0.15, 0.2) is 59.5 Å². The first-order valence-electron chi connectivity index (χ1n) is 8.83. The Hall–Kier alpha value is -3.35. The van der Waals surface area contributed by atoms with E-state index >= 15 is 0 Å². The van der Waals surface area contributed by atoms with Gasteiger partial charge in [-0.3, -0.25) is 4.79 Å². The van der Waals surface area contributed by atoms with Gasteiger partial charge in [0, 0.05) is 32.2 Å². The lowest BCUT2D eigenvalue weighted by Crippen LogP contribution is -2.49. The highest BCUT2D eigenvalue weighted by Gasteiger charge is 2.24. The van der Waals surface area contributed by atoms with E-state index in [2.05, 4.69) is 14.9 Å². The molecule has 0 atom stereocenters. The van der Waals surface area contributed by atoms with Crippen molar-refractivity contribution in [3.63, 3.8) is 0 Å². The second-order valence-electron chi connectivity index (χ2n) is 6.39. The molecule has 1 aromatic carbocycles. The van der Waals surface area contributed by atoms with Gasteiger partial charge in [0.2, 0.25) is 5.88 Å². The summed E-state index contributed by atoms with van der Waals surface area (Å²) in [6, 6.07) is 13.1. The molecule has 138 valence electrons. The molecule has 0 bridgehead atoms. The average molecular weight is 364 g/mol. The van der Waals surface area contributed by atoms with E-state index in [9.17, 15) is 4.79 Å². The number of ether oxygens (including phenoxy) is 1. The SMILES string of the molecule is Cc1cccc(Oc2cc(N3CCN(C(=O)c4ccco4)CC3)ncn2)c1. The van der Waals surface area contributed by atoms with Gasteiger partial charge in [0.1, 0.15) is 17.9 Å². The first-order valence-corrected chi connectivity index (χ1v) is 8.83. The van der Waals surface area contributed by atoms with E-state index in [1.807, 2.05) is 37.3 Å². The number of aromatic nitrogens is 2. The molecule has 0 spiro atoms. The van der Waals surface area contributed by atoms with Crippen LogP contribution in [0.4, 0.5) is 5.82 Å². The number of anilines is 1. The summed E-state index contributed by atoms with van der Waals surface area (Å²) in [6.07, 6.45) is 3.01. The third-order valence-electron chi connectivity index (χ3n) is 4.46. The second kappa shape index (κ2) is 7.49. The molecule has 7 heteroatoms. The van der Waals surface area contributed by atoms with Crippen LogP contribution in [0.5, 0.6) is 11.6 Å². The van der Waals surface area contributed by atoms with Crippen LogP contribution in [0.25, 0.3) is 0 Å². The molecule has 0 saturated carbocycles. The van der Waals surface area contributed by atoms with Crippen LogP contribution in [-0.2, 0) is 0 Å². The topological polar surface area (TPSA) is 71.7 Å². The van der Waals surface area contributed by atoms with Crippen molar-refractivity contribution in [3.05, 3.63) is 66.4 Å². The number of carbonyl (C=O) groups excluding carboxylic acids is 1. The molecule has 7 nitrogen and oxygen atoms in total. The van der Waals surface area contributed by atoms with Crippen molar-refractivity contribution in [2.45, 2.75) is 6.92 Å². The highest BCUT2D eigenvalue weighted by molar-refractivity contribution is 5.91. The minimum Gasteiger partial charge on any atom is -0.459 e. The van der Waals surface area contributed by atoms with Gasteiger partial charge in [-0.05, 0) is 36.8 Å². The number of piperazine rings is 1. The number of hydrogen-bond acceptors (Lipinski definition) is 6. The maximum Gasteiger partial charge on any atom is 0.289 e. The largest absolute Gasteiger partial charge is 0.459 e. The maximum atomic E-state index is 12.4. The van der Waals surface area contributed by atoms with Gasteiger partial charge < -0.3 is 19.0 Å². The highest BCUT2D eigenvalue weighted by atomic mass is 16.5. The molecule has 27 heavy (non-hydrogen) atoms. The smallest absolute Gasteiger partial charge is 0.289 e. The summed E-state index contributed by atoms with van der Waals surface area (Å²) in [7, 11) is 0. The Morgan fingerprint density at radius 2 is 1.93 bits per heavy atom. The summed E-state index contributed by atoms with van der Waals surface area (Å²) in [5.41, 5.74) is 1.12. The van der Waals surface area contributed by atoms with E-state index in [0.29, 0.717) is 37.8 Å². The van der Waals surface area contributed by atoms with E-state index in [1.165, 1.54) is 12.6 Å². The van der Waals surface area contributed by atoms with Crippen LogP contribution in [0, 0.1) is 6.92 Å². The molecule has 1 saturated heterocycles. The summed E-state index contributed by atoms with van der Waals surface area (Å²) >= 11 is 0. The average Bonchev–Trinajstić information content (AvgIpc) is 3.23. The Balaban J connectivity index is 1.40. The van der Waals surface area contributed by atoms with Crippen molar-refractivity contribution in [1.82, 2.24) is 14.9 Å². The van der Waals surface area contributed by atoms with E-state index < -0.39 is 0 Å². The van der Waals surface area contributed by atoms with Gasteiger partial charge in [0.15, 0.2) is 5.76 Å². The van der Waals surface area contributed by atoms with Crippen LogP contribution in [0.2, 0.25) is 0 Å². The summed E-state index contributed by atoms with van der Waals surface area (Å²) < 4.78 is 11.0. The van der Waals surface area contributed by atoms with E-state index in [4.69, 9.17) is 9.15 Å². The van der Waals surface area contributed by atoms with E-state index in [0.717, 1.165) is 17.1 Å². The predicted molar refractivity (Wildman–Crippen MR) is 100 cm³/mol. The maximum absolute atomic E-state index is 12.4. The van der Waals surface area contributed by atoms with Crippen molar-refractivity contribution in [3.8, 4) is 11.6 Å². The Bertz CT molecular complexity index is 918. The monoisotopic (exact) mass is 364 g/mol. The quantitative estimate of drug-likeness (QED) is 0.708. The molecule has 1 fully saturated rings. The fourth-order valence-corrected chi connectivity index (χ4v) is 3.05. The van der Waals surface area contributed by atoms with Gasteiger partial charge in [-0.2, -0.15) is 0 Å². The molecule has 0 aliphatic carbocycles. The number of nitrogens with zero attached hydrogens (tertiary/aromatic N) is 4. The summed E-state index contributed by atoms with van der Waals surface area (Å²) in [4.78, 5) is 24.8. The van der Waals surface area contributed by atoms with Crippen LogP contribution < -0.4 is 9.64 Å². The molecule has 0 radical (unpaired) electrons. The normalized spacial score (nSPS) is 14.3. The number of furan rings is 1. The zero-order chi connectivity index (χ0) is 18.6. The van der Waals surface area contributed by atoms with Gasteiger partial charge in [-0.15, -0.1) is 0 Å². The van der Waals surface area contributed by atoms with E-state index in [1.54, 1.807) is 17.0 Å². The van der Waals surface area contributed by atoms with Crippen molar-refractivity contribution in [2.75, 3.05) is 31.1 Å². The fourth-order valence-electron chi connectivity index (χ4n) is 3.05. The zero-order valence-corrected chi connectivity index (χ0v) is 15.0. The zero-order valence-electron chi connectivity index (χ0n) is 15.0. The first-order chi connectivity index (χ1) is 13.2. The summed E-state index contributed by atoms with van der Waals surface area (Å²) in [5, 5.41) is 0. The van der Waals surface area contributed by atoms with Crippen molar-refractivity contribution < 1.29 is 13.9 Å². The number of aryl methyl sites for hydroxylation is 1. The molecule has 1 aliphatic heterocycles. The number of benzene rings is 1. The van der Waals surface area contributed by atoms with Gasteiger partial charge in [-0.25, -0.2) is 9.97 Å². The van der Waals surface area contributed by atoms with Gasteiger partial charge >= 0.3 is 0 Å². The Morgan fingerprint density at radius 3 is 2.67 bits per heavy atom. The molecule has 4 rings (SSSR count). The molecule has 3 aromatic rings. The molecule has 1 amide bonds. The summed E-state index contributed by atoms with van der Waals surface area (Å²) in [5.74, 6) is 2.33. The second-order valence-corrected chi connectivity index (χ2v) is 6.39. The van der Waals surface area contributed by atoms with Crippen LogP contribution >= 0.6 is 0 Å². The lowest BCUT2D eigenvalue weighted by molar-refractivity contribution is 0.0714. The van der Waals surface area contributed by atoms with E-state index in [-0.39, 0.29) is 5.91 Å².